The lowest BCUT2D eigenvalue weighted by molar-refractivity contribution is -0.115. The largest absolute Gasteiger partial charge is 0.455 e. The highest BCUT2D eigenvalue weighted by Gasteiger charge is 2.10. The first-order valence-electron chi connectivity index (χ1n) is 7.11. The number of nitrogens with zero attached hydrogens (tertiary/aromatic N) is 1. The third-order valence-corrected chi connectivity index (χ3v) is 3.78. The fraction of sp³-hybridized carbons (Fsp3) is 0.0526. The molecule has 0 fully saturated rings. The first-order chi connectivity index (χ1) is 10.7. The monoisotopic (exact) mass is 287 g/mol. The molecule has 3 aromatic carbocycles. The van der Waals surface area contributed by atoms with Gasteiger partial charge < -0.3 is 4.42 Å². The minimum Gasteiger partial charge on any atom is -0.455 e. The van der Waals surface area contributed by atoms with Crippen molar-refractivity contribution < 1.29 is 9.21 Å². The average molecular weight is 287 g/mol. The van der Waals surface area contributed by atoms with E-state index in [9.17, 15) is 4.79 Å². The molecule has 4 rings (SSSR count). The van der Waals surface area contributed by atoms with Gasteiger partial charge in [0, 0.05) is 29.5 Å². The molecule has 0 saturated heterocycles. The second-order valence-corrected chi connectivity index (χ2v) is 5.30. The van der Waals surface area contributed by atoms with Gasteiger partial charge in [-0.1, -0.05) is 36.4 Å². The Bertz CT molecular complexity index is 1060. The Kier molecular flexibility index (Phi) is 2.79. The molecule has 0 aliphatic rings. The van der Waals surface area contributed by atoms with Crippen LogP contribution < -0.4 is 0 Å². The van der Waals surface area contributed by atoms with Crippen molar-refractivity contribution in [3.05, 3.63) is 60.2 Å². The summed E-state index contributed by atoms with van der Waals surface area (Å²) in [6.07, 6.45) is 1.56. The highest BCUT2D eigenvalue weighted by molar-refractivity contribution is 6.13. The van der Waals surface area contributed by atoms with Crippen LogP contribution in [0.3, 0.4) is 0 Å². The molecule has 0 bridgehead atoms. The Labute approximate surface area is 126 Å². The van der Waals surface area contributed by atoms with Crippen LogP contribution in [0, 0.1) is 0 Å². The third-order valence-electron chi connectivity index (χ3n) is 3.78. The highest BCUT2D eigenvalue weighted by atomic mass is 16.3. The molecule has 0 spiro atoms. The topological polar surface area (TPSA) is 42.6 Å². The van der Waals surface area contributed by atoms with Crippen LogP contribution in [0.4, 0.5) is 0 Å². The fourth-order valence-corrected chi connectivity index (χ4v) is 2.77. The zero-order chi connectivity index (χ0) is 15.1. The number of aliphatic imine (C=N–C) groups is 1. The van der Waals surface area contributed by atoms with Crippen molar-refractivity contribution in [1.82, 2.24) is 0 Å². The lowest BCUT2D eigenvalue weighted by Crippen LogP contribution is -1.87. The highest BCUT2D eigenvalue weighted by Crippen LogP contribution is 2.33. The predicted octanol–water partition coefficient (Wildman–Crippen LogP) is 4.70. The van der Waals surface area contributed by atoms with Crippen molar-refractivity contribution in [2.24, 2.45) is 4.99 Å². The summed E-state index contributed by atoms with van der Waals surface area (Å²) in [6.45, 7) is 1.43. The van der Waals surface area contributed by atoms with Gasteiger partial charge in [-0.25, -0.2) is 4.99 Å². The van der Waals surface area contributed by atoms with Gasteiger partial charge >= 0.3 is 0 Å². The van der Waals surface area contributed by atoms with Crippen LogP contribution in [0.25, 0.3) is 32.7 Å². The van der Waals surface area contributed by atoms with Crippen molar-refractivity contribution in [3.8, 4) is 0 Å². The van der Waals surface area contributed by atoms with Crippen LogP contribution >= 0.6 is 0 Å². The van der Waals surface area contributed by atoms with E-state index in [0.29, 0.717) is 0 Å². The molecule has 3 nitrogen and oxygen atoms in total. The zero-order valence-electron chi connectivity index (χ0n) is 12.0. The number of benzene rings is 3. The fourth-order valence-electron chi connectivity index (χ4n) is 2.77. The van der Waals surface area contributed by atoms with Crippen molar-refractivity contribution in [1.29, 1.82) is 0 Å². The Morgan fingerprint density at radius 1 is 1.00 bits per heavy atom. The van der Waals surface area contributed by atoms with E-state index in [0.717, 1.165) is 32.9 Å². The summed E-state index contributed by atoms with van der Waals surface area (Å²) in [7, 11) is 0. The number of carbonyl (C=O) groups excluding carboxylic acids is 1. The number of amides is 1. The number of hydrogen-bond acceptors (Lipinski definition) is 2. The number of para-hydroxylation sites is 1. The molecule has 106 valence electrons. The van der Waals surface area contributed by atoms with Gasteiger partial charge in [-0.15, -0.1) is 0 Å². The summed E-state index contributed by atoms with van der Waals surface area (Å²) in [6, 6.07) is 18.3. The van der Waals surface area contributed by atoms with E-state index in [2.05, 4.69) is 29.3 Å². The van der Waals surface area contributed by atoms with E-state index in [1.165, 1.54) is 12.3 Å². The van der Waals surface area contributed by atoms with Crippen molar-refractivity contribution in [2.75, 3.05) is 0 Å². The summed E-state index contributed by atoms with van der Waals surface area (Å²) in [4.78, 5) is 14.9. The SMILES string of the molecule is CC(=O)/N=C/c1cccc2c1oc1cc3ccccc3cc12. The lowest BCUT2D eigenvalue weighted by Gasteiger charge is -1.96. The zero-order valence-corrected chi connectivity index (χ0v) is 12.0. The molecule has 0 aliphatic carbocycles. The van der Waals surface area contributed by atoms with Gasteiger partial charge in [-0.3, -0.25) is 4.79 Å². The van der Waals surface area contributed by atoms with Gasteiger partial charge in [0.15, 0.2) is 0 Å². The van der Waals surface area contributed by atoms with Crippen molar-refractivity contribution in [3.63, 3.8) is 0 Å². The van der Waals surface area contributed by atoms with Gasteiger partial charge in [-0.05, 0) is 29.0 Å². The van der Waals surface area contributed by atoms with E-state index >= 15 is 0 Å². The second kappa shape index (κ2) is 4.81. The summed E-state index contributed by atoms with van der Waals surface area (Å²) in [5, 5.41) is 4.44. The minimum atomic E-state index is -0.223. The number of carbonyl (C=O) groups is 1. The maximum atomic E-state index is 11.1. The average Bonchev–Trinajstić information content (AvgIpc) is 2.88. The van der Waals surface area contributed by atoms with Gasteiger partial charge in [0.2, 0.25) is 5.91 Å². The van der Waals surface area contributed by atoms with Crippen LogP contribution in [-0.2, 0) is 4.79 Å². The molecular weight excluding hydrogens is 274 g/mol. The Balaban J connectivity index is 2.06. The molecule has 0 radical (unpaired) electrons. The Hall–Kier alpha value is -2.94. The van der Waals surface area contributed by atoms with Gasteiger partial charge in [0.25, 0.3) is 0 Å². The molecule has 0 saturated carbocycles. The standard InChI is InChI=1S/C19H13NO2/c1-12(21)20-11-15-7-4-8-16-17-9-13-5-2-3-6-14(13)10-18(17)22-19(15)16/h2-11H,1H3/b20-11+. The van der Waals surface area contributed by atoms with Gasteiger partial charge in [0.1, 0.15) is 11.2 Å². The minimum absolute atomic E-state index is 0.223. The molecule has 1 amide bonds. The van der Waals surface area contributed by atoms with Crippen molar-refractivity contribution in [2.45, 2.75) is 6.92 Å². The quantitative estimate of drug-likeness (QED) is 0.476. The van der Waals surface area contributed by atoms with E-state index in [4.69, 9.17) is 4.42 Å². The smallest absolute Gasteiger partial charge is 0.242 e. The molecule has 1 heterocycles. The first-order valence-corrected chi connectivity index (χ1v) is 7.11. The van der Waals surface area contributed by atoms with Crippen LogP contribution in [0.15, 0.2) is 64.0 Å². The molecule has 0 aliphatic heterocycles. The molecular formula is C19H13NO2. The number of fused-ring (bicyclic) bond motifs is 4. The Morgan fingerprint density at radius 3 is 2.55 bits per heavy atom. The summed E-state index contributed by atoms with van der Waals surface area (Å²) in [5.74, 6) is -0.223. The van der Waals surface area contributed by atoms with E-state index in [1.807, 2.05) is 30.3 Å². The van der Waals surface area contributed by atoms with Crippen LogP contribution in [-0.4, -0.2) is 12.1 Å². The number of furan rings is 1. The number of hydrogen-bond donors (Lipinski definition) is 0. The third kappa shape index (κ3) is 1.99. The molecule has 3 heteroatoms. The first kappa shape index (κ1) is 12.8. The second-order valence-electron chi connectivity index (χ2n) is 5.30. The molecule has 0 N–H and O–H groups in total. The van der Waals surface area contributed by atoms with Crippen LogP contribution in [0.1, 0.15) is 12.5 Å². The molecule has 0 atom stereocenters. The molecule has 22 heavy (non-hydrogen) atoms. The van der Waals surface area contributed by atoms with Crippen molar-refractivity contribution >= 4 is 44.8 Å². The summed E-state index contributed by atoms with van der Waals surface area (Å²) in [5.41, 5.74) is 2.42. The maximum absolute atomic E-state index is 11.1. The summed E-state index contributed by atoms with van der Waals surface area (Å²) < 4.78 is 6.02. The lowest BCUT2D eigenvalue weighted by atomic mass is 10.1. The maximum Gasteiger partial charge on any atom is 0.242 e. The van der Waals surface area contributed by atoms with Crippen LogP contribution in [0.5, 0.6) is 0 Å². The molecule has 4 aromatic rings. The normalized spacial score (nSPS) is 11.9. The van der Waals surface area contributed by atoms with E-state index in [1.54, 1.807) is 6.21 Å². The summed E-state index contributed by atoms with van der Waals surface area (Å²) >= 11 is 0. The van der Waals surface area contributed by atoms with Crippen LogP contribution in [0.2, 0.25) is 0 Å². The van der Waals surface area contributed by atoms with E-state index < -0.39 is 0 Å². The predicted molar refractivity (Wildman–Crippen MR) is 89.5 cm³/mol. The number of rotatable bonds is 1. The van der Waals surface area contributed by atoms with Gasteiger partial charge in [0.05, 0.1) is 0 Å². The molecule has 1 aromatic heterocycles. The van der Waals surface area contributed by atoms with Gasteiger partial charge in [-0.2, -0.15) is 0 Å². The molecule has 0 unspecified atom stereocenters. The van der Waals surface area contributed by atoms with E-state index in [-0.39, 0.29) is 5.91 Å². The Morgan fingerprint density at radius 2 is 1.77 bits per heavy atom.